The average Bonchev–Trinajstić information content (AvgIpc) is 2.19. The van der Waals surface area contributed by atoms with Crippen LogP contribution in [0.1, 0.15) is 12.5 Å². The number of benzene rings is 1. The summed E-state index contributed by atoms with van der Waals surface area (Å²) in [4.78, 5) is 11.5. The maximum absolute atomic E-state index is 10.5. The SMILES string of the molecule is C/C(=C\c1ccc(SCl)cc1)C(=O)O. The quantitative estimate of drug-likeness (QED) is 0.806. The van der Waals surface area contributed by atoms with E-state index in [-0.39, 0.29) is 0 Å². The second-order valence-electron chi connectivity index (χ2n) is 2.78. The van der Waals surface area contributed by atoms with E-state index in [2.05, 4.69) is 0 Å². The van der Waals surface area contributed by atoms with Crippen LogP contribution in [0.4, 0.5) is 0 Å². The van der Waals surface area contributed by atoms with Crippen molar-refractivity contribution in [3.8, 4) is 0 Å². The van der Waals surface area contributed by atoms with Gasteiger partial charge in [0, 0.05) is 10.5 Å². The molecule has 0 aliphatic carbocycles. The smallest absolute Gasteiger partial charge is 0.331 e. The average molecular weight is 229 g/mol. The van der Waals surface area contributed by atoms with Crippen molar-refractivity contribution >= 4 is 33.7 Å². The molecule has 0 radical (unpaired) electrons. The number of rotatable bonds is 3. The van der Waals surface area contributed by atoms with E-state index in [0.717, 1.165) is 21.4 Å². The van der Waals surface area contributed by atoms with Crippen molar-refractivity contribution in [2.45, 2.75) is 11.8 Å². The first-order valence-corrected chi connectivity index (χ1v) is 5.58. The Balaban J connectivity index is 2.88. The summed E-state index contributed by atoms with van der Waals surface area (Å²) in [6.45, 7) is 1.56. The minimum Gasteiger partial charge on any atom is -0.478 e. The summed E-state index contributed by atoms with van der Waals surface area (Å²) in [5.41, 5.74) is 1.18. The van der Waals surface area contributed by atoms with Crippen LogP contribution >= 0.6 is 21.7 Å². The Bertz CT molecular complexity index is 357. The molecule has 0 amide bonds. The van der Waals surface area contributed by atoms with Crippen LogP contribution in [0.25, 0.3) is 6.08 Å². The van der Waals surface area contributed by atoms with E-state index < -0.39 is 5.97 Å². The summed E-state index contributed by atoms with van der Waals surface area (Å²) < 4.78 is 0. The molecule has 1 aromatic carbocycles. The Morgan fingerprint density at radius 3 is 2.43 bits per heavy atom. The van der Waals surface area contributed by atoms with Gasteiger partial charge in [0.25, 0.3) is 0 Å². The Kier molecular flexibility index (Phi) is 4.04. The van der Waals surface area contributed by atoms with Gasteiger partial charge in [0.2, 0.25) is 0 Å². The molecule has 4 heteroatoms. The van der Waals surface area contributed by atoms with E-state index in [1.54, 1.807) is 13.0 Å². The van der Waals surface area contributed by atoms with Crippen molar-refractivity contribution < 1.29 is 9.90 Å². The number of carboxylic acids is 1. The van der Waals surface area contributed by atoms with E-state index >= 15 is 0 Å². The first-order chi connectivity index (χ1) is 6.63. The molecule has 14 heavy (non-hydrogen) atoms. The first kappa shape index (κ1) is 11.1. The van der Waals surface area contributed by atoms with Crippen LogP contribution in [0.3, 0.4) is 0 Å². The van der Waals surface area contributed by atoms with Gasteiger partial charge in [-0.25, -0.2) is 4.79 Å². The molecular weight excluding hydrogens is 220 g/mol. The zero-order valence-corrected chi connectivity index (χ0v) is 9.10. The third kappa shape index (κ3) is 3.09. The molecule has 0 bridgehead atoms. The zero-order valence-electron chi connectivity index (χ0n) is 7.53. The minimum atomic E-state index is -0.902. The minimum absolute atomic E-state index is 0.316. The normalized spacial score (nSPS) is 11.4. The fraction of sp³-hybridized carbons (Fsp3) is 0.100. The molecule has 1 rings (SSSR count). The highest BCUT2D eigenvalue weighted by atomic mass is 35.7. The van der Waals surface area contributed by atoms with Crippen molar-refractivity contribution in [3.63, 3.8) is 0 Å². The Hall–Kier alpha value is -0.930. The number of aliphatic carboxylic acids is 1. The molecule has 0 aliphatic rings. The third-order valence-electron chi connectivity index (χ3n) is 1.69. The Morgan fingerprint density at radius 2 is 2.00 bits per heavy atom. The van der Waals surface area contributed by atoms with Gasteiger partial charge in [-0.15, -0.1) is 0 Å². The van der Waals surface area contributed by atoms with Crippen LogP contribution in [0.15, 0.2) is 34.7 Å². The predicted octanol–water partition coefficient (Wildman–Crippen LogP) is 3.42. The molecule has 1 aromatic rings. The molecule has 1 N–H and O–H groups in total. The van der Waals surface area contributed by atoms with Crippen LogP contribution in [0, 0.1) is 0 Å². The maximum atomic E-state index is 10.5. The Labute approximate surface area is 91.1 Å². The second-order valence-corrected chi connectivity index (χ2v) is 3.87. The summed E-state index contributed by atoms with van der Waals surface area (Å²) in [5.74, 6) is -0.902. The van der Waals surface area contributed by atoms with Crippen LogP contribution in [0.2, 0.25) is 0 Å². The molecule has 2 nitrogen and oxygen atoms in total. The molecule has 74 valence electrons. The number of hydrogen-bond donors (Lipinski definition) is 1. The van der Waals surface area contributed by atoms with Crippen LogP contribution in [0.5, 0.6) is 0 Å². The van der Waals surface area contributed by atoms with E-state index in [9.17, 15) is 4.79 Å². The fourth-order valence-electron chi connectivity index (χ4n) is 0.927. The standard InChI is InChI=1S/C10H9ClO2S/c1-7(10(12)13)6-8-2-4-9(14-11)5-3-8/h2-6H,1H3,(H,12,13)/b7-6+. The highest BCUT2D eigenvalue weighted by molar-refractivity contribution is 8.21. The van der Waals surface area contributed by atoms with Crippen LogP contribution in [-0.4, -0.2) is 11.1 Å². The van der Waals surface area contributed by atoms with Gasteiger partial charge in [-0.1, -0.05) is 12.1 Å². The van der Waals surface area contributed by atoms with E-state index in [0.29, 0.717) is 5.57 Å². The molecule has 0 atom stereocenters. The lowest BCUT2D eigenvalue weighted by Crippen LogP contribution is -1.95. The summed E-state index contributed by atoms with van der Waals surface area (Å²) in [6.07, 6.45) is 1.62. The van der Waals surface area contributed by atoms with Gasteiger partial charge in [0.15, 0.2) is 0 Å². The molecule has 0 heterocycles. The molecule has 0 unspecified atom stereocenters. The number of carboxylic acid groups (broad SMARTS) is 1. The van der Waals surface area contributed by atoms with Crippen molar-refractivity contribution in [2.24, 2.45) is 0 Å². The molecule has 0 spiro atoms. The largest absolute Gasteiger partial charge is 0.478 e. The van der Waals surface area contributed by atoms with E-state index in [1.807, 2.05) is 24.3 Å². The molecule has 0 aromatic heterocycles. The second kappa shape index (κ2) is 5.08. The summed E-state index contributed by atoms with van der Waals surface area (Å²) >= 11 is 0. The summed E-state index contributed by atoms with van der Waals surface area (Å²) in [7, 11) is 6.68. The van der Waals surface area contributed by atoms with Crippen LogP contribution in [-0.2, 0) is 4.79 Å². The van der Waals surface area contributed by atoms with Crippen molar-refractivity contribution in [3.05, 3.63) is 35.4 Å². The summed E-state index contributed by atoms with van der Waals surface area (Å²) in [5, 5.41) is 8.65. The van der Waals surface area contributed by atoms with E-state index in [1.165, 1.54) is 0 Å². The lowest BCUT2D eigenvalue weighted by Gasteiger charge is -1.97. The highest BCUT2D eigenvalue weighted by Crippen LogP contribution is 2.22. The highest BCUT2D eigenvalue weighted by Gasteiger charge is 1.99. The topological polar surface area (TPSA) is 37.3 Å². The van der Waals surface area contributed by atoms with Gasteiger partial charge < -0.3 is 5.11 Å². The van der Waals surface area contributed by atoms with Gasteiger partial charge in [0.05, 0.1) is 0 Å². The zero-order chi connectivity index (χ0) is 10.6. The van der Waals surface area contributed by atoms with Gasteiger partial charge in [-0.2, -0.15) is 0 Å². The van der Waals surface area contributed by atoms with Crippen molar-refractivity contribution in [2.75, 3.05) is 0 Å². The molecule has 0 saturated heterocycles. The van der Waals surface area contributed by atoms with Crippen LogP contribution < -0.4 is 0 Å². The molecular formula is C10H9ClO2S. The van der Waals surface area contributed by atoms with Gasteiger partial charge >= 0.3 is 5.97 Å². The molecule has 0 aliphatic heterocycles. The Morgan fingerprint density at radius 1 is 1.43 bits per heavy atom. The summed E-state index contributed by atoms with van der Waals surface area (Å²) in [6, 6.07) is 7.35. The van der Waals surface area contributed by atoms with Crippen molar-refractivity contribution in [1.29, 1.82) is 0 Å². The first-order valence-electron chi connectivity index (χ1n) is 3.93. The van der Waals surface area contributed by atoms with E-state index in [4.69, 9.17) is 15.8 Å². The lowest BCUT2D eigenvalue weighted by molar-refractivity contribution is -0.132. The van der Waals surface area contributed by atoms with Gasteiger partial charge in [-0.3, -0.25) is 0 Å². The number of hydrogen-bond acceptors (Lipinski definition) is 2. The fourth-order valence-corrected chi connectivity index (χ4v) is 1.47. The maximum Gasteiger partial charge on any atom is 0.331 e. The monoisotopic (exact) mass is 228 g/mol. The van der Waals surface area contributed by atoms with Gasteiger partial charge in [-0.05, 0) is 52.4 Å². The number of carbonyl (C=O) groups is 1. The third-order valence-corrected chi connectivity index (χ3v) is 2.67. The molecule has 0 saturated carbocycles. The number of halogens is 1. The lowest BCUT2D eigenvalue weighted by atomic mass is 10.1. The molecule has 0 fully saturated rings. The van der Waals surface area contributed by atoms with Crippen molar-refractivity contribution in [1.82, 2.24) is 0 Å². The van der Waals surface area contributed by atoms with Gasteiger partial charge in [0.1, 0.15) is 0 Å². The predicted molar refractivity (Wildman–Crippen MR) is 59.4 cm³/mol.